The van der Waals surface area contributed by atoms with Gasteiger partial charge in [-0.15, -0.1) is 0 Å². The molecule has 0 aliphatic rings. The summed E-state index contributed by atoms with van der Waals surface area (Å²) in [4.78, 5) is 60.5. The molecule has 0 saturated heterocycles. The zero-order valence-electron chi connectivity index (χ0n) is 40.4. The van der Waals surface area contributed by atoms with Crippen molar-refractivity contribution in [2.45, 2.75) is 146 Å². The summed E-state index contributed by atoms with van der Waals surface area (Å²) < 4.78 is 0. The molecule has 24 atom stereocenters. The molecule has 0 aliphatic heterocycles. The first-order chi connectivity index (χ1) is 35.5. The molecule has 0 aromatic heterocycles. The number of aliphatic hydroxyl groups excluding tert-OH is 30. The van der Waals surface area contributed by atoms with Crippen LogP contribution in [0.1, 0.15) is 0 Å². The van der Waals surface area contributed by atoms with Crippen molar-refractivity contribution in [2.75, 3.05) is 39.6 Å². The summed E-state index contributed by atoms with van der Waals surface area (Å²) in [6, 6.07) is 0. The van der Waals surface area contributed by atoms with E-state index < -0.39 is 222 Å². The molecule has 44 heteroatoms. The Kier molecular flexibility index (Phi) is 57.4. The maximum absolute atomic E-state index is 10.1. The molecule has 481 valence electrons. The number of carboxylic acids is 6. The van der Waals surface area contributed by atoms with Gasteiger partial charge in [0.05, 0.1) is 39.6 Å². The fourth-order valence-corrected chi connectivity index (χ4v) is 4.01. The Hall–Kier alpha value is -3.17. The third-order valence-electron chi connectivity index (χ3n) is 9.05. The Labute approximate surface area is 471 Å². The SMILES string of the molecule is O=C(O)[C@H](O)[C@@H](O)[C@H](O)[C@H](O)CO.O=C(O)[C@H](O)[C@@H](O)[C@H](O)[C@H](O)CO.O=C(O)[C@H](O)[C@@H](O)[C@H](O)[C@H](O)CO.O=C(O)[C@H](O)[C@@H](O)[C@H](O)[C@H](O)CO.O=C(O)[C@H](O)[C@@H](O)[C@H](O)[C@H](O)CO.O=C(O)[C@H](O)[C@@H](O)[C@H](O)[C@H](O)CO.[Mn].[Mo]. The van der Waals surface area contributed by atoms with E-state index in [4.69, 9.17) is 184 Å². The van der Waals surface area contributed by atoms with Crippen LogP contribution in [0.5, 0.6) is 0 Å². The van der Waals surface area contributed by atoms with E-state index in [9.17, 15) is 28.8 Å². The van der Waals surface area contributed by atoms with Crippen LogP contribution in [0.4, 0.5) is 0 Å². The Balaban J connectivity index is -0.000000129. The summed E-state index contributed by atoms with van der Waals surface area (Å²) in [6.07, 6.45) is -47.0. The Morgan fingerprint density at radius 2 is 0.275 bits per heavy atom. The normalized spacial score (nSPS) is 19.9. The van der Waals surface area contributed by atoms with Crippen LogP contribution in [-0.2, 0) is 66.9 Å². The second kappa shape index (κ2) is 49.3. The van der Waals surface area contributed by atoms with Crippen molar-refractivity contribution in [2.24, 2.45) is 0 Å². The van der Waals surface area contributed by atoms with E-state index in [2.05, 4.69) is 0 Å². The van der Waals surface area contributed by atoms with Crippen molar-refractivity contribution in [1.29, 1.82) is 0 Å². The molecule has 0 amide bonds. The topological polar surface area (TPSA) is 831 Å². The predicted molar refractivity (Wildman–Crippen MR) is 232 cm³/mol. The molecule has 0 unspecified atom stereocenters. The van der Waals surface area contributed by atoms with Gasteiger partial charge in [0.15, 0.2) is 36.6 Å². The fraction of sp³-hybridized carbons (Fsp3) is 0.833. The van der Waals surface area contributed by atoms with E-state index in [0.29, 0.717) is 0 Å². The van der Waals surface area contributed by atoms with Crippen LogP contribution in [0.15, 0.2) is 0 Å². The maximum atomic E-state index is 10.1. The third-order valence-corrected chi connectivity index (χ3v) is 9.05. The largest absolute Gasteiger partial charge is 0.479 e. The van der Waals surface area contributed by atoms with Gasteiger partial charge in [-0.25, -0.2) is 28.8 Å². The first-order valence-electron chi connectivity index (χ1n) is 20.8. The van der Waals surface area contributed by atoms with Crippen LogP contribution in [0.2, 0.25) is 0 Å². The van der Waals surface area contributed by atoms with Crippen molar-refractivity contribution >= 4 is 35.8 Å². The minimum atomic E-state index is -2.20. The summed E-state index contributed by atoms with van der Waals surface area (Å²) in [7, 11) is 0. The first kappa shape index (κ1) is 93.2. The van der Waals surface area contributed by atoms with E-state index >= 15 is 0 Å². The van der Waals surface area contributed by atoms with Crippen molar-refractivity contribution < 1.29 is 251 Å². The molecule has 42 nitrogen and oxygen atoms in total. The quantitative estimate of drug-likeness (QED) is 0.0297. The smallest absolute Gasteiger partial charge is 0.335 e. The minimum Gasteiger partial charge on any atom is -0.479 e. The molecule has 1 radical (unpaired) electrons. The van der Waals surface area contributed by atoms with Gasteiger partial charge in [-0.3, -0.25) is 0 Å². The van der Waals surface area contributed by atoms with E-state index in [1.807, 2.05) is 0 Å². The van der Waals surface area contributed by atoms with Gasteiger partial charge in [0.1, 0.15) is 110 Å². The van der Waals surface area contributed by atoms with Gasteiger partial charge in [0.25, 0.3) is 0 Å². The second-order valence-corrected chi connectivity index (χ2v) is 15.1. The molecule has 0 bridgehead atoms. The molecular weight excluding hydrogens is 1260 g/mol. The van der Waals surface area contributed by atoms with Crippen LogP contribution >= 0.6 is 0 Å². The van der Waals surface area contributed by atoms with Crippen molar-refractivity contribution in [3.8, 4) is 0 Å². The summed E-state index contributed by atoms with van der Waals surface area (Å²) in [6.45, 7) is -5.06. The predicted octanol–water partition coefficient (Wildman–Crippen LogP) is -21.0. The van der Waals surface area contributed by atoms with E-state index in [0.717, 1.165) is 0 Å². The second-order valence-electron chi connectivity index (χ2n) is 15.1. The number of hydrogen-bond donors (Lipinski definition) is 36. The van der Waals surface area contributed by atoms with Crippen LogP contribution in [0.3, 0.4) is 0 Å². The number of carboxylic acid groups (broad SMARTS) is 6. The number of aliphatic hydroxyl groups is 30. The third kappa shape index (κ3) is 37.1. The van der Waals surface area contributed by atoms with Crippen LogP contribution in [0, 0.1) is 0 Å². The van der Waals surface area contributed by atoms with Crippen LogP contribution < -0.4 is 0 Å². The Morgan fingerprint density at radius 1 is 0.200 bits per heavy atom. The average molecular weight is 1330 g/mol. The van der Waals surface area contributed by atoms with Gasteiger partial charge in [0.2, 0.25) is 0 Å². The zero-order chi connectivity index (χ0) is 63.6. The van der Waals surface area contributed by atoms with Gasteiger partial charge in [-0.05, 0) is 0 Å². The van der Waals surface area contributed by atoms with Gasteiger partial charge in [0, 0.05) is 38.1 Å². The molecule has 0 aromatic rings. The molecule has 0 aromatic carbocycles. The summed E-state index contributed by atoms with van der Waals surface area (Å²) >= 11 is 0. The van der Waals surface area contributed by atoms with Crippen molar-refractivity contribution in [3.63, 3.8) is 0 Å². The summed E-state index contributed by atoms with van der Waals surface area (Å²) in [5.74, 6) is -10.4. The average Bonchev–Trinajstić information content (AvgIpc) is 3.42. The van der Waals surface area contributed by atoms with Crippen molar-refractivity contribution in [3.05, 3.63) is 0 Å². The Bertz CT molecular complexity index is 1330. The monoisotopic (exact) mass is 1330 g/mol. The number of hydrogen-bond acceptors (Lipinski definition) is 36. The van der Waals surface area contributed by atoms with Crippen LogP contribution in [0.25, 0.3) is 0 Å². The summed E-state index contributed by atoms with van der Waals surface area (Å²) in [5, 5.41) is 311. The molecular formula is C36H72MnMoO42. The van der Waals surface area contributed by atoms with E-state index in [1.165, 1.54) is 0 Å². The fourth-order valence-electron chi connectivity index (χ4n) is 4.01. The molecule has 0 aliphatic carbocycles. The van der Waals surface area contributed by atoms with E-state index in [1.54, 1.807) is 0 Å². The molecule has 80 heavy (non-hydrogen) atoms. The maximum Gasteiger partial charge on any atom is 0.335 e. The minimum absolute atomic E-state index is 0. The number of carbonyl (C=O) groups is 6. The Morgan fingerprint density at radius 3 is 0.325 bits per heavy atom. The molecule has 0 fully saturated rings. The molecule has 0 spiro atoms. The van der Waals surface area contributed by atoms with Crippen molar-refractivity contribution in [1.82, 2.24) is 0 Å². The van der Waals surface area contributed by atoms with E-state index in [-0.39, 0.29) is 38.1 Å². The first-order valence-corrected chi connectivity index (χ1v) is 20.8. The molecule has 0 heterocycles. The molecule has 0 rings (SSSR count). The van der Waals surface area contributed by atoms with Gasteiger partial charge in [-0.2, -0.15) is 0 Å². The molecule has 36 N–H and O–H groups in total. The zero-order valence-corrected chi connectivity index (χ0v) is 43.6. The van der Waals surface area contributed by atoms with Gasteiger partial charge in [-0.1, -0.05) is 0 Å². The standard InChI is InChI=1S/6C6H12O7.Mn.Mo/c6*7-1-2(8)3(9)4(10)5(11)6(12)13;;/h6*2-5,7-11H,1H2,(H,12,13);;/t6*2-,3-,4+,5-;;/m111111../s1. The van der Waals surface area contributed by atoms with Crippen LogP contribution in [-0.4, -0.2) is 406 Å². The molecule has 0 saturated carbocycles. The van der Waals surface area contributed by atoms with Gasteiger partial charge < -0.3 is 184 Å². The van der Waals surface area contributed by atoms with Gasteiger partial charge >= 0.3 is 35.8 Å². The number of aliphatic carboxylic acids is 6. The summed E-state index contributed by atoms with van der Waals surface area (Å²) in [5.41, 5.74) is 0. The number of rotatable bonds is 30.